The number of aromatic nitrogens is 2. The summed E-state index contributed by atoms with van der Waals surface area (Å²) in [5.41, 5.74) is 2.42. The molecule has 0 amide bonds. The van der Waals surface area contributed by atoms with E-state index in [1.807, 2.05) is 19.0 Å². The predicted octanol–water partition coefficient (Wildman–Crippen LogP) is 3.61. The van der Waals surface area contributed by atoms with Gasteiger partial charge in [0.05, 0.1) is 0 Å². The van der Waals surface area contributed by atoms with Gasteiger partial charge in [-0.05, 0) is 40.0 Å². The van der Waals surface area contributed by atoms with Crippen LogP contribution in [0.4, 0.5) is 17.3 Å². The fourth-order valence-electron chi connectivity index (χ4n) is 1.85. The summed E-state index contributed by atoms with van der Waals surface area (Å²) in [6.45, 7) is 2.15. The molecule has 0 spiro atoms. The van der Waals surface area contributed by atoms with Crippen molar-refractivity contribution in [2.45, 2.75) is 13.3 Å². The molecule has 0 saturated heterocycles. The number of anilines is 3. The van der Waals surface area contributed by atoms with E-state index in [1.54, 1.807) is 6.33 Å². The van der Waals surface area contributed by atoms with Crippen molar-refractivity contribution in [1.82, 2.24) is 9.97 Å². The average Bonchev–Trinajstić information content (AvgIpc) is 2.47. The van der Waals surface area contributed by atoms with Crippen molar-refractivity contribution in [2.24, 2.45) is 0 Å². The van der Waals surface area contributed by atoms with Gasteiger partial charge in [0, 0.05) is 19.8 Å². The van der Waals surface area contributed by atoms with Gasteiger partial charge in [0.2, 0.25) is 0 Å². The van der Waals surface area contributed by atoms with Crippen molar-refractivity contribution in [1.29, 1.82) is 0 Å². The van der Waals surface area contributed by atoms with Crippen LogP contribution in [0.25, 0.3) is 0 Å². The van der Waals surface area contributed by atoms with Gasteiger partial charge in [-0.25, -0.2) is 9.97 Å². The summed E-state index contributed by atoms with van der Waals surface area (Å²) in [6, 6.07) is 8.48. The van der Waals surface area contributed by atoms with E-state index >= 15 is 0 Å². The molecule has 2 aromatic rings. The zero-order valence-corrected chi connectivity index (χ0v) is 12.9. The molecule has 0 aliphatic carbocycles. The topological polar surface area (TPSA) is 41.1 Å². The zero-order chi connectivity index (χ0) is 13.8. The van der Waals surface area contributed by atoms with Gasteiger partial charge in [0.25, 0.3) is 0 Å². The molecule has 0 aliphatic rings. The van der Waals surface area contributed by atoms with Crippen molar-refractivity contribution in [3.63, 3.8) is 0 Å². The Balaban J connectivity index is 2.35. The molecule has 1 N–H and O–H groups in total. The average molecular weight is 321 g/mol. The lowest BCUT2D eigenvalue weighted by Gasteiger charge is -2.20. The predicted molar refractivity (Wildman–Crippen MR) is 83.2 cm³/mol. The fraction of sp³-hybridized carbons (Fsp3) is 0.286. The van der Waals surface area contributed by atoms with Gasteiger partial charge in [-0.3, -0.25) is 0 Å². The van der Waals surface area contributed by atoms with Crippen LogP contribution in [-0.4, -0.2) is 24.1 Å². The van der Waals surface area contributed by atoms with Crippen molar-refractivity contribution >= 4 is 33.3 Å². The lowest BCUT2D eigenvalue weighted by atomic mass is 10.1. The number of hydrogen-bond donors (Lipinski definition) is 1. The molecule has 1 heterocycles. The number of hydrogen-bond acceptors (Lipinski definition) is 4. The second-order valence-corrected chi connectivity index (χ2v) is 4.98. The Labute approximate surface area is 122 Å². The number of nitrogens with one attached hydrogen (secondary N) is 1. The van der Waals surface area contributed by atoms with Gasteiger partial charge in [0.1, 0.15) is 16.6 Å². The van der Waals surface area contributed by atoms with E-state index in [4.69, 9.17) is 0 Å². The van der Waals surface area contributed by atoms with Crippen molar-refractivity contribution in [2.75, 3.05) is 24.3 Å². The van der Waals surface area contributed by atoms with E-state index in [0.717, 1.165) is 28.2 Å². The zero-order valence-electron chi connectivity index (χ0n) is 11.3. The molecule has 0 saturated carbocycles. The third kappa shape index (κ3) is 2.87. The van der Waals surface area contributed by atoms with Crippen LogP contribution in [0.3, 0.4) is 0 Å². The molecular weight excluding hydrogens is 304 g/mol. The highest BCUT2D eigenvalue weighted by molar-refractivity contribution is 9.10. The SMILES string of the molecule is CCc1ccc(N(C)c2ncnc(NC)c2Br)cc1. The Hall–Kier alpha value is -1.62. The third-order valence-electron chi connectivity index (χ3n) is 3.06. The normalized spacial score (nSPS) is 10.3. The van der Waals surface area contributed by atoms with E-state index in [2.05, 4.69) is 62.4 Å². The smallest absolute Gasteiger partial charge is 0.152 e. The van der Waals surface area contributed by atoms with Gasteiger partial charge in [0.15, 0.2) is 5.82 Å². The highest BCUT2D eigenvalue weighted by Gasteiger charge is 2.13. The monoisotopic (exact) mass is 320 g/mol. The van der Waals surface area contributed by atoms with Crippen LogP contribution in [0.2, 0.25) is 0 Å². The number of benzene rings is 1. The molecule has 0 radical (unpaired) electrons. The molecule has 0 aliphatic heterocycles. The Kier molecular flexibility index (Phi) is 4.37. The van der Waals surface area contributed by atoms with Crippen LogP contribution in [-0.2, 0) is 6.42 Å². The molecule has 0 bridgehead atoms. The number of aryl methyl sites for hydroxylation is 1. The van der Waals surface area contributed by atoms with Crippen LogP contribution in [0, 0.1) is 0 Å². The second kappa shape index (κ2) is 6.02. The molecule has 2 rings (SSSR count). The standard InChI is InChI=1S/C14H17BrN4/c1-4-10-5-7-11(8-6-10)19(3)14-12(15)13(16-2)17-9-18-14/h5-9H,4H2,1-3H3,(H,16,17,18). The van der Waals surface area contributed by atoms with Gasteiger partial charge in [-0.1, -0.05) is 19.1 Å². The maximum Gasteiger partial charge on any atom is 0.152 e. The highest BCUT2D eigenvalue weighted by atomic mass is 79.9. The summed E-state index contributed by atoms with van der Waals surface area (Å²) in [7, 11) is 3.83. The largest absolute Gasteiger partial charge is 0.372 e. The fourth-order valence-corrected chi connectivity index (χ4v) is 2.52. The third-order valence-corrected chi connectivity index (χ3v) is 3.79. The van der Waals surface area contributed by atoms with E-state index in [-0.39, 0.29) is 0 Å². The maximum atomic E-state index is 4.33. The molecule has 1 aromatic heterocycles. The quantitative estimate of drug-likeness (QED) is 0.934. The van der Waals surface area contributed by atoms with Gasteiger partial charge in [-0.2, -0.15) is 0 Å². The molecule has 1 aromatic carbocycles. The van der Waals surface area contributed by atoms with E-state index < -0.39 is 0 Å². The molecule has 19 heavy (non-hydrogen) atoms. The minimum Gasteiger partial charge on any atom is -0.372 e. The van der Waals surface area contributed by atoms with Crippen molar-refractivity contribution in [3.05, 3.63) is 40.6 Å². The first kappa shape index (κ1) is 13.8. The molecule has 0 atom stereocenters. The molecular formula is C14H17BrN4. The summed E-state index contributed by atoms with van der Waals surface area (Å²) < 4.78 is 0.861. The van der Waals surface area contributed by atoms with E-state index in [9.17, 15) is 0 Å². The summed E-state index contributed by atoms with van der Waals surface area (Å²) >= 11 is 3.54. The first-order valence-corrected chi connectivity index (χ1v) is 6.97. The summed E-state index contributed by atoms with van der Waals surface area (Å²) in [5.74, 6) is 1.62. The Morgan fingerprint density at radius 2 is 1.89 bits per heavy atom. The van der Waals surface area contributed by atoms with Crippen molar-refractivity contribution in [3.8, 4) is 0 Å². The molecule has 0 fully saturated rings. The molecule has 100 valence electrons. The lowest BCUT2D eigenvalue weighted by molar-refractivity contribution is 1.06. The highest BCUT2D eigenvalue weighted by Crippen LogP contribution is 2.32. The Morgan fingerprint density at radius 1 is 1.21 bits per heavy atom. The molecule has 4 nitrogen and oxygen atoms in total. The van der Waals surface area contributed by atoms with Crippen LogP contribution in [0.15, 0.2) is 35.1 Å². The number of nitrogens with zero attached hydrogens (tertiary/aromatic N) is 3. The first-order valence-electron chi connectivity index (χ1n) is 6.18. The maximum absolute atomic E-state index is 4.33. The van der Waals surface area contributed by atoms with Gasteiger partial charge >= 0.3 is 0 Å². The molecule has 5 heteroatoms. The van der Waals surface area contributed by atoms with Gasteiger partial charge < -0.3 is 10.2 Å². The van der Waals surface area contributed by atoms with E-state index in [0.29, 0.717) is 0 Å². The van der Waals surface area contributed by atoms with E-state index in [1.165, 1.54) is 5.56 Å². The summed E-state index contributed by atoms with van der Waals surface area (Å²) in [4.78, 5) is 10.5. The number of halogens is 1. The Morgan fingerprint density at radius 3 is 2.47 bits per heavy atom. The van der Waals surface area contributed by atoms with Crippen LogP contribution >= 0.6 is 15.9 Å². The first-order chi connectivity index (χ1) is 9.17. The molecule has 0 unspecified atom stereocenters. The van der Waals surface area contributed by atoms with Gasteiger partial charge in [-0.15, -0.1) is 0 Å². The minimum atomic E-state index is 0.780. The summed E-state index contributed by atoms with van der Waals surface area (Å²) in [5, 5.41) is 3.04. The number of rotatable bonds is 4. The van der Waals surface area contributed by atoms with Crippen LogP contribution in [0.1, 0.15) is 12.5 Å². The Bertz CT molecular complexity index is 554. The summed E-state index contributed by atoms with van der Waals surface area (Å²) in [6.07, 6.45) is 2.61. The van der Waals surface area contributed by atoms with Crippen LogP contribution in [0.5, 0.6) is 0 Å². The van der Waals surface area contributed by atoms with Crippen molar-refractivity contribution < 1.29 is 0 Å². The van der Waals surface area contributed by atoms with Crippen LogP contribution < -0.4 is 10.2 Å². The lowest BCUT2D eigenvalue weighted by Crippen LogP contribution is -2.13. The minimum absolute atomic E-state index is 0.780. The second-order valence-electron chi connectivity index (χ2n) is 4.19.